The van der Waals surface area contributed by atoms with Crippen LogP contribution in [0.5, 0.6) is 0 Å². The third-order valence-electron chi connectivity index (χ3n) is 2.62. The minimum Gasteiger partial charge on any atom is -0.396 e. The Balaban J connectivity index is 2.27. The third kappa shape index (κ3) is 3.46. The molecule has 1 atom stereocenters. The second-order valence-electron chi connectivity index (χ2n) is 4.19. The Morgan fingerprint density at radius 2 is 1.86 bits per heavy atom. The molecule has 0 spiro atoms. The predicted octanol–water partition coefficient (Wildman–Crippen LogP) is 1.97. The van der Waals surface area contributed by atoms with Crippen molar-refractivity contribution >= 4 is 0 Å². The number of rotatable bonds is 5. The maximum Gasteiger partial charge on any atom is 0.411 e. The molecule has 5 heteroatoms. The Bertz CT molecular complexity index is 189. The van der Waals surface area contributed by atoms with E-state index in [0.717, 1.165) is 12.8 Å². The average molecular weight is 212 g/mol. The largest absolute Gasteiger partial charge is 0.411 e. The van der Waals surface area contributed by atoms with E-state index >= 15 is 0 Å². The molecule has 0 radical (unpaired) electrons. The molecule has 1 aliphatic rings. The van der Waals surface area contributed by atoms with Gasteiger partial charge in [-0.1, -0.05) is 6.92 Å². The highest BCUT2D eigenvalue weighted by atomic mass is 19.4. The number of alkyl halides is 3. The molecule has 1 N–H and O–H groups in total. The lowest BCUT2D eigenvalue weighted by Gasteiger charge is -2.27. The molecule has 2 nitrogen and oxygen atoms in total. The molecule has 14 heavy (non-hydrogen) atoms. The zero-order chi connectivity index (χ0) is 10.8. The molecular weight excluding hydrogens is 197 g/mol. The minimum absolute atomic E-state index is 0.0202. The first-order valence-electron chi connectivity index (χ1n) is 4.63. The molecule has 1 unspecified atom stereocenters. The van der Waals surface area contributed by atoms with Crippen LogP contribution < -0.4 is 0 Å². The van der Waals surface area contributed by atoms with Crippen molar-refractivity contribution in [2.45, 2.75) is 25.9 Å². The van der Waals surface area contributed by atoms with Crippen molar-refractivity contribution in [2.75, 3.05) is 19.8 Å². The highest BCUT2D eigenvalue weighted by molar-refractivity contribution is 4.90. The number of aliphatic hydroxyl groups is 1. The average Bonchev–Trinajstić information content (AvgIpc) is 2.83. The van der Waals surface area contributed by atoms with Gasteiger partial charge in [-0.25, -0.2) is 0 Å². The first kappa shape index (κ1) is 11.8. The van der Waals surface area contributed by atoms with E-state index in [0.29, 0.717) is 5.92 Å². The summed E-state index contributed by atoms with van der Waals surface area (Å²) in [6.07, 6.45) is -2.32. The molecule has 1 fully saturated rings. The number of aliphatic hydroxyl groups excluding tert-OH is 1. The van der Waals surface area contributed by atoms with E-state index in [9.17, 15) is 13.2 Å². The Hall–Kier alpha value is -0.290. The van der Waals surface area contributed by atoms with Gasteiger partial charge in [-0.2, -0.15) is 13.2 Å². The molecule has 0 heterocycles. The van der Waals surface area contributed by atoms with Gasteiger partial charge in [0.15, 0.2) is 0 Å². The van der Waals surface area contributed by atoms with E-state index in [1.165, 1.54) is 0 Å². The van der Waals surface area contributed by atoms with Gasteiger partial charge in [0.25, 0.3) is 0 Å². The van der Waals surface area contributed by atoms with Gasteiger partial charge in [-0.3, -0.25) is 0 Å². The summed E-state index contributed by atoms with van der Waals surface area (Å²) in [5.74, 6) is 0.320. The second-order valence-corrected chi connectivity index (χ2v) is 4.19. The maximum atomic E-state index is 11.8. The van der Waals surface area contributed by atoms with Gasteiger partial charge in [-0.15, -0.1) is 0 Å². The van der Waals surface area contributed by atoms with Crippen LogP contribution in [0, 0.1) is 11.3 Å². The van der Waals surface area contributed by atoms with Crippen LogP contribution in [0.1, 0.15) is 19.8 Å². The van der Waals surface area contributed by atoms with E-state index in [-0.39, 0.29) is 13.2 Å². The highest BCUT2D eigenvalue weighted by Gasteiger charge is 2.42. The molecule has 0 amide bonds. The monoisotopic (exact) mass is 212 g/mol. The summed E-state index contributed by atoms with van der Waals surface area (Å²) >= 11 is 0. The summed E-state index contributed by atoms with van der Waals surface area (Å²) in [7, 11) is 0. The lowest BCUT2D eigenvalue weighted by molar-refractivity contribution is -0.182. The van der Waals surface area contributed by atoms with Crippen molar-refractivity contribution in [2.24, 2.45) is 11.3 Å². The first-order chi connectivity index (χ1) is 6.37. The van der Waals surface area contributed by atoms with E-state index in [1.807, 2.05) is 0 Å². The van der Waals surface area contributed by atoms with Gasteiger partial charge in [0, 0.05) is 5.41 Å². The number of hydrogen-bond acceptors (Lipinski definition) is 2. The fourth-order valence-corrected chi connectivity index (χ4v) is 1.47. The van der Waals surface area contributed by atoms with Crippen LogP contribution in [0.2, 0.25) is 0 Å². The Morgan fingerprint density at radius 1 is 1.29 bits per heavy atom. The number of hydrogen-bond donors (Lipinski definition) is 1. The van der Waals surface area contributed by atoms with Crippen LogP contribution in [0.15, 0.2) is 0 Å². The van der Waals surface area contributed by atoms with Crippen molar-refractivity contribution in [3.8, 4) is 0 Å². The molecule has 0 aromatic heterocycles. The maximum absolute atomic E-state index is 11.8. The number of ether oxygens (including phenoxy) is 1. The summed E-state index contributed by atoms with van der Waals surface area (Å²) in [4.78, 5) is 0. The van der Waals surface area contributed by atoms with Crippen molar-refractivity contribution in [3.05, 3.63) is 0 Å². The molecule has 0 bridgehead atoms. The molecule has 0 aromatic carbocycles. The third-order valence-corrected chi connectivity index (χ3v) is 2.62. The zero-order valence-corrected chi connectivity index (χ0v) is 8.10. The van der Waals surface area contributed by atoms with Gasteiger partial charge in [0.1, 0.15) is 6.61 Å². The van der Waals surface area contributed by atoms with Crippen molar-refractivity contribution in [1.82, 2.24) is 0 Å². The van der Waals surface area contributed by atoms with E-state index < -0.39 is 18.2 Å². The zero-order valence-electron chi connectivity index (χ0n) is 8.10. The lowest BCUT2D eigenvalue weighted by Crippen LogP contribution is -2.32. The Morgan fingerprint density at radius 3 is 2.21 bits per heavy atom. The summed E-state index contributed by atoms with van der Waals surface area (Å²) in [6, 6.07) is 0. The highest BCUT2D eigenvalue weighted by Crippen LogP contribution is 2.45. The lowest BCUT2D eigenvalue weighted by atomic mass is 9.87. The van der Waals surface area contributed by atoms with Crippen LogP contribution in [-0.2, 0) is 4.74 Å². The molecule has 1 saturated carbocycles. The summed E-state index contributed by atoms with van der Waals surface area (Å²) in [6.45, 7) is 0.402. The molecule has 1 aliphatic carbocycles. The quantitative estimate of drug-likeness (QED) is 0.755. The molecular formula is C9H15F3O2. The predicted molar refractivity (Wildman–Crippen MR) is 44.8 cm³/mol. The summed E-state index contributed by atoms with van der Waals surface area (Å²) in [5, 5.41) is 9.06. The fraction of sp³-hybridized carbons (Fsp3) is 1.00. The molecule has 0 aromatic rings. The summed E-state index contributed by atoms with van der Waals surface area (Å²) < 4.78 is 39.9. The topological polar surface area (TPSA) is 29.5 Å². The first-order valence-corrected chi connectivity index (χ1v) is 4.63. The molecule has 0 aliphatic heterocycles. The second kappa shape index (κ2) is 4.06. The SMILES string of the molecule is CC(CO)(COCC(F)(F)F)C1CC1. The summed E-state index contributed by atoms with van der Waals surface area (Å²) in [5.41, 5.74) is -0.495. The van der Waals surface area contributed by atoms with Crippen LogP contribution in [0.4, 0.5) is 13.2 Å². The fourth-order valence-electron chi connectivity index (χ4n) is 1.47. The van der Waals surface area contributed by atoms with Gasteiger partial charge in [-0.05, 0) is 18.8 Å². The van der Waals surface area contributed by atoms with E-state index in [4.69, 9.17) is 5.11 Å². The van der Waals surface area contributed by atoms with E-state index in [2.05, 4.69) is 4.74 Å². The molecule has 0 saturated heterocycles. The van der Waals surface area contributed by atoms with Crippen LogP contribution >= 0.6 is 0 Å². The normalized spacial score (nSPS) is 22.1. The Labute approximate surface area is 81.1 Å². The van der Waals surface area contributed by atoms with Gasteiger partial charge in [0.05, 0.1) is 13.2 Å². The van der Waals surface area contributed by atoms with Crippen molar-refractivity contribution in [1.29, 1.82) is 0 Å². The number of halogens is 3. The van der Waals surface area contributed by atoms with E-state index in [1.54, 1.807) is 6.92 Å². The van der Waals surface area contributed by atoms with Gasteiger partial charge < -0.3 is 9.84 Å². The standard InChI is InChI=1S/C9H15F3O2/c1-8(4-13,7-2-3-7)5-14-6-9(10,11)12/h7,13H,2-6H2,1H3. The van der Waals surface area contributed by atoms with Crippen LogP contribution in [-0.4, -0.2) is 31.1 Å². The smallest absolute Gasteiger partial charge is 0.396 e. The van der Waals surface area contributed by atoms with Gasteiger partial charge >= 0.3 is 6.18 Å². The van der Waals surface area contributed by atoms with Crippen LogP contribution in [0.3, 0.4) is 0 Å². The Kier molecular flexibility index (Phi) is 3.42. The molecule has 84 valence electrons. The van der Waals surface area contributed by atoms with Crippen molar-refractivity contribution < 1.29 is 23.0 Å². The minimum atomic E-state index is -4.28. The van der Waals surface area contributed by atoms with Crippen LogP contribution in [0.25, 0.3) is 0 Å². The van der Waals surface area contributed by atoms with Crippen molar-refractivity contribution in [3.63, 3.8) is 0 Å². The molecule has 1 rings (SSSR count). The van der Waals surface area contributed by atoms with Gasteiger partial charge in [0.2, 0.25) is 0 Å².